The van der Waals surface area contributed by atoms with Crippen LogP contribution in [0.3, 0.4) is 0 Å². The van der Waals surface area contributed by atoms with Gasteiger partial charge in [-0.15, -0.1) is 0 Å². The third-order valence-corrected chi connectivity index (χ3v) is 4.76. The Kier molecular flexibility index (Phi) is 4.57. The molecule has 2 fully saturated rings. The number of piperidine rings is 1. The number of β-amino-alcohol motifs (C(OH)–C–C–N with tert-alkyl or cyclic N) is 1. The number of ether oxygens (including phenoxy) is 1. The highest BCUT2D eigenvalue weighted by Crippen LogP contribution is 2.24. The molecule has 2 N–H and O–H groups in total. The van der Waals surface area contributed by atoms with Crippen LogP contribution < -0.4 is 4.90 Å². The maximum atomic E-state index is 12.7. The van der Waals surface area contributed by atoms with Crippen LogP contribution in [-0.4, -0.2) is 72.1 Å². The number of rotatable bonds is 2. The number of hydrogen-bond donors (Lipinski definition) is 2. The summed E-state index contributed by atoms with van der Waals surface area (Å²) in [6, 6.07) is 7.57. The number of aliphatic hydroxyl groups is 2. The number of amides is 1. The molecule has 126 valence electrons. The molecular formula is C17H24N2O4. The third-order valence-electron chi connectivity index (χ3n) is 4.76. The first-order valence-electron chi connectivity index (χ1n) is 8.10. The number of carbonyl (C=O) groups excluding carboxylic acids is 1. The van der Waals surface area contributed by atoms with Crippen molar-refractivity contribution in [2.24, 2.45) is 0 Å². The van der Waals surface area contributed by atoms with Crippen LogP contribution in [0.2, 0.25) is 0 Å². The Morgan fingerprint density at radius 1 is 1.30 bits per heavy atom. The van der Waals surface area contributed by atoms with Crippen LogP contribution in [-0.2, 0) is 4.74 Å². The lowest BCUT2D eigenvalue weighted by Gasteiger charge is -2.40. The predicted molar refractivity (Wildman–Crippen MR) is 86.6 cm³/mol. The summed E-state index contributed by atoms with van der Waals surface area (Å²) in [4.78, 5) is 16.5. The Labute approximate surface area is 136 Å². The lowest BCUT2D eigenvalue weighted by Crippen LogP contribution is -2.55. The van der Waals surface area contributed by atoms with Crippen molar-refractivity contribution in [1.82, 2.24) is 4.90 Å². The monoisotopic (exact) mass is 320 g/mol. The number of benzene rings is 1. The number of likely N-dealkylation sites (tertiary alicyclic amines) is 1. The topological polar surface area (TPSA) is 73.2 Å². The number of morpholine rings is 1. The molecule has 2 aliphatic rings. The van der Waals surface area contributed by atoms with Gasteiger partial charge in [0.25, 0.3) is 5.91 Å². The fraction of sp³-hybridized carbons (Fsp3) is 0.588. The van der Waals surface area contributed by atoms with Crippen molar-refractivity contribution in [1.29, 1.82) is 0 Å². The minimum absolute atomic E-state index is 0.102. The van der Waals surface area contributed by atoms with E-state index in [9.17, 15) is 15.0 Å². The van der Waals surface area contributed by atoms with Gasteiger partial charge in [0, 0.05) is 37.4 Å². The Morgan fingerprint density at radius 3 is 2.74 bits per heavy atom. The van der Waals surface area contributed by atoms with E-state index >= 15 is 0 Å². The summed E-state index contributed by atoms with van der Waals surface area (Å²) in [6.07, 6.45) is -0.536. The molecule has 1 amide bonds. The van der Waals surface area contributed by atoms with Gasteiger partial charge in [0.1, 0.15) is 0 Å². The van der Waals surface area contributed by atoms with Gasteiger partial charge in [-0.05, 0) is 31.5 Å². The van der Waals surface area contributed by atoms with Crippen molar-refractivity contribution in [2.75, 3.05) is 44.3 Å². The van der Waals surface area contributed by atoms with Gasteiger partial charge >= 0.3 is 0 Å². The molecule has 2 saturated heterocycles. The molecule has 23 heavy (non-hydrogen) atoms. The molecule has 2 unspecified atom stereocenters. The molecule has 0 radical (unpaired) electrons. The lowest BCUT2D eigenvalue weighted by molar-refractivity contribution is -0.0999. The van der Waals surface area contributed by atoms with E-state index in [-0.39, 0.29) is 12.5 Å². The van der Waals surface area contributed by atoms with Gasteiger partial charge in [0.2, 0.25) is 0 Å². The molecule has 3 rings (SSSR count). The zero-order chi connectivity index (χ0) is 16.4. The summed E-state index contributed by atoms with van der Waals surface area (Å²) < 4.78 is 5.36. The number of hydrogen-bond acceptors (Lipinski definition) is 5. The summed E-state index contributed by atoms with van der Waals surface area (Å²) in [5.74, 6) is -0.102. The van der Waals surface area contributed by atoms with Crippen LogP contribution >= 0.6 is 0 Å². The van der Waals surface area contributed by atoms with Crippen molar-refractivity contribution in [3.8, 4) is 0 Å². The minimum Gasteiger partial charge on any atom is -0.388 e. The van der Waals surface area contributed by atoms with Crippen molar-refractivity contribution in [3.05, 3.63) is 29.8 Å². The van der Waals surface area contributed by atoms with Crippen LogP contribution in [0.25, 0.3) is 0 Å². The first-order chi connectivity index (χ1) is 11.0. The molecule has 0 bridgehead atoms. The molecule has 2 heterocycles. The Balaban J connectivity index is 1.72. The van der Waals surface area contributed by atoms with Crippen LogP contribution in [0.4, 0.5) is 5.69 Å². The van der Waals surface area contributed by atoms with Gasteiger partial charge in [0.15, 0.2) is 0 Å². The van der Waals surface area contributed by atoms with E-state index in [1.807, 2.05) is 18.2 Å². The smallest absolute Gasteiger partial charge is 0.254 e. The fourth-order valence-electron chi connectivity index (χ4n) is 3.05. The number of carbonyl (C=O) groups is 1. The first kappa shape index (κ1) is 16.2. The molecular weight excluding hydrogens is 296 g/mol. The average Bonchev–Trinajstić information content (AvgIpc) is 2.58. The minimum atomic E-state index is -1.12. The molecule has 6 heteroatoms. The van der Waals surface area contributed by atoms with E-state index in [0.29, 0.717) is 31.7 Å². The van der Waals surface area contributed by atoms with Gasteiger partial charge in [-0.2, -0.15) is 0 Å². The van der Waals surface area contributed by atoms with E-state index in [1.54, 1.807) is 17.9 Å². The summed E-state index contributed by atoms with van der Waals surface area (Å²) in [5.41, 5.74) is 0.512. The number of nitrogens with zero attached hydrogens (tertiary/aromatic N) is 2. The maximum absolute atomic E-state index is 12.7. The number of aliphatic hydroxyl groups excluding tert-OH is 1. The largest absolute Gasteiger partial charge is 0.388 e. The normalized spacial score (nSPS) is 28.7. The Morgan fingerprint density at radius 2 is 2.04 bits per heavy atom. The van der Waals surface area contributed by atoms with Crippen LogP contribution in [0, 0.1) is 0 Å². The van der Waals surface area contributed by atoms with Gasteiger partial charge in [-0.1, -0.05) is 6.07 Å². The van der Waals surface area contributed by atoms with Crippen LogP contribution in [0.1, 0.15) is 23.7 Å². The molecule has 0 aliphatic carbocycles. The average molecular weight is 320 g/mol. The highest BCUT2D eigenvalue weighted by atomic mass is 16.5. The van der Waals surface area contributed by atoms with Crippen molar-refractivity contribution in [2.45, 2.75) is 25.0 Å². The molecule has 0 spiro atoms. The van der Waals surface area contributed by atoms with Gasteiger partial charge in [0.05, 0.1) is 24.9 Å². The first-order valence-corrected chi connectivity index (χ1v) is 8.10. The lowest BCUT2D eigenvalue weighted by atomic mass is 9.90. The van der Waals surface area contributed by atoms with E-state index in [0.717, 1.165) is 18.8 Å². The Hall–Kier alpha value is -1.63. The second kappa shape index (κ2) is 6.47. The highest BCUT2D eigenvalue weighted by molar-refractivity contribution is 5.95. The second-order valence-electron chi connectivity index (χ2n) is 6.52. The quantitative estimate of drug-likeness (QED) is 0.829. The Bertz CT molecular complexity index is 569. The molecule has 2 aliphatic heterocycles. The van der Waals surface area contributed by atoms with Crippen molar-refractivity contribution < 1.29 is 19.7 Å². The highest BCUT2D eigenvalue weighted by Gasteiger charge is 2.38. The third kappa shape index (κ3) is 3.49. The van der Waals surface area contributed by atoms with Gasteiger partial charge in [-0.3, -0.25) is 4.79 Å². The predicted octanol–water partition coefficient (Wildman–Crippen LogP) is 0.481. The second-order valence-corrected chi connectivity index (χ2v) is 6.52. The summed E-state index contributed by atoms with van der Waals surface area (Å²) in [6.45, 7) is 5.26. The van der Waals surface area contributed by atoms with E-state index in [1.165, 1.54) is 0 Å². The maximum Gasteiger partial charge on any atom is 0.254 e. The molecule has 1 aromatic rings. The number of anilines is 1. The fourth-order valence-corrected chi connectivity index (χ4v) is 3.05. The molecule has 0 saturated carbocycles. The van der Waals surface area contributed by atoms with Gasteiger partial charge < -0.3 is 24.7 Å². The molecule has 2 atom stereocenters. The molecule has 6 nitrogen and oxygen atoms in total. The van der Waals surface area contributed by atoms with E-state index in [2.05, 4.69) is 4.90 Å². The zero-order valence-corrected chi connectivity index (χ0v) is 13.4. The summed E-state index contributed by atoms with van der Waals surface area (Å²) in [7, 11) is 0. The van der Waals surface area contributed by atoms with Crippen LogP contribution in [0.15, 0.2) is 24.3 Å². The zero-order valence-electron chi connectivity index (χ0n) is 13.4. The summed E-state index contributed by atoms with van der Waals surface area (Å²) in [5, 5.41) is 20.0. The SMILES string of the molecule is CC1(O)CCN(C(=O)c2cccc(N3CCOCC3)c2)CC1O. The van der Waals surface area contributed by atoms with E-state index < -0.39 is 11.7 Å². The molecule has 0 aromatic heterocycles. The molecule has 1 aromatic carbocycles. The van der Waals surface area contributed by atoms with Crippen molar-refractivity contribution in [3.63, 3.8) is 0 Å². The summed E-state index contributed by atoms with van der Waals surface area (Å²) >= 11 is 0. The van der Waals surface area contributed by atoms with Crippen LogP contribution in [0.5, 0.6) is 0 Å². The van der Waals surface area contributed by atoms with Crippen molar-refractivity contribution >= 4 is 11.6 Å². The standard InChI is InChI=1S/C17H24N2O4/c1-17(22)5-6-19(12-15(17)20)16(21)13-3-2-4-14(11-13)18-7-9-23-10-8-18/h2-4,11,15,20,22H,5-10,12H2,1H3. The van der Waals surface area contributed by atoms with Gasteiger partial charge in [-0.25, -0.2) is 0 Å². The van der Waals surface area contributed by atoms with E-state index in [4.69, 9.17) is 4.74 Å².